The SMILES string of the molecule is O=P(Oc1ccccc1)(Oc1ccccc1)c1cccc(Br)c1. The van der Waals surface area contributed by atoms with Crippen LogP contribution in [0, 0.1) is 0 Å². The molecule has 0 amide bonds. The molecule has 0 saturated heterocycles. The fourth-order valence-corrected chi connectivity index (χ4v) is 4.20. The zero-order chi connectivity index (χ0) is 16.1. The third-order valence-corrected chi connectivity index (χ3v) is 5.37. The van der Waals surface area contributed by atoms with Crippen LogP contribution in [0.25, 0.3) is 0 Å². The monoisotopic (exact) mass is 388 g/mol. The van der Waals surface area contributed by atoms with Crippen LogP contribution in [-0.2, 0) is 4.57 Å². The van der Waals surface area contributed by atoms with Crippen molar-refractivity contribution < 1.29 is 13.6 Å². The van der Waals surface area contributed by atoms with Gasteiger partial charge >= 0.3 is 7.60 Å². The molecule has 0 N–H and O–H groups in total. The Hall–Kier alpha value is -2.03. The minimum absolute atomic E-state index is 0.486. The average Bonchev–Trinajstić information content (AvgIpc) is 2.56. The molecular weight excluding hydrogens is 375 g/mol. The molecule has 0 saturated carbocycles. The van der Waals surface area contributed by atoms with E-state index in [0.717, 1.165) is 4.47 Å². The van der Waals surface area contributed by atoms with E-state index in [0.29, 0.717) is 16.8 Å². The third-order valence-electron chi connectivity index (χ3n) is 3.06. The van der Waals surface area contributed by atoms with E-state index in [1.165, 1.54) is 0 Å². The van der Waals surface area contributed by atoms with Gasteiger partial charge in [-0.3, -0.25) is 0 Å². The molecule has 3 rings (SSSR count). The summed E-state index contributed by atoms with van der Waals surface area (Å²) in [6.07, 6.45) is 0. The van der Waals surface area contributed by atoms with Crippen molar-refractivity contribution in [3.05, 3.63) is 89.4 Å². The van der Waals surface area contributed by atoms with Crippen LogP contribution in [0.2, 0.25) is 0 Å². The van der Waals surface area contributed by atoms with Crippen molar-refractivity contribution in [2.45, 2.75) is 0 Å². The fraction of sp³-hybridized carbons (Fsp3) is 0. The van der Waals surface area contributed by atoms with Crippen molar-refractivity contribution >= 4 is 28.8 Å². The summed E-state index contributed by atoms with van der Waals surface area (Å²) in [6.45, 7) is 0. The Kier molecular flexibility index (Phi) is 4.85. The van der Waals surface area contributed by atoms with E-state index in [2.05, 4.69) is 15.9 Å². The predicted molar refractivity (Wildman–Crippen MR) is 95.5 cm³/mol. The number of rotatable bonds is 5. The molecule has 3 aromatic carbocycles. The van der Waals surface area contributed by atoms with Gasteiger partial charge in [0.05, 0.1) is 5.30 Å². The van der Waals surface area contributed by atoms with Gasteiger partial charge in [0.1, 0.15) is 11.5 Å². The highest BCUT2D eigenvalue weighted by molar-refractivity contribution is 9.10. The van der Waals surface area contributed by atoms with Crippen LogP contribution in [0.15, 0.2) is 89.4 Å². The first-order valence-electron chi connectivity index (χ1n) is 7.01. The lowest BCUT2D eigenvalue weighted by Crippen LogP contribution is -2.14. The molecule has 0 radical (unpaired) electrons. The van der Waals surface area contributed by atoms with Crippen molar-refractivity contribution in [2.75, 3.05) is 0 Å². The van der Waals surface area contributed by atoms with Gasteiger partial charge < -0.3 is 9.05 Å². The van der Waals surface area contributed by atoms with Crippen LogP contribution < -0.4 is 14.4 Å². The quantitative estimate of drug-likeness (QED) is 0.547. The number of benzene rings is 3. The Morgan fingerprint density at radius 3 is 1.70 bits per heavy atom. The number of para-hydroxylation sites is 2. The van der Waals surface area contributed by atoms with Gasteiger partial charge in [0.15, 0.2) is 0 Å². The Bertz CT molecular complexity index is 776. The molecule has 3 aromatic rings. The summed E-state index contributed by atoms with van der Waals surface area (Å²) >= 11 is 3.39. The standard InChI is InChI=1S/C18H14BrO3P/c19-15-8-7-13-18(14-15)23(20,21-16-9-3-1-4-10-16)22-17-11-5-2-6-12-17/h1-14H. The van der Waals surface area contributed by atoms with Crippen LogP contribution in [0.4, 0.5) is 0 Å². The summed E-state index contributed by atoms with van der Waals surface area (Å²) in [7, 11) is -3.57. The molecule has 3 nitrogen and oxygen atoms in total. The minimum atomic E-state index is -3.57. The van der Waals surface area contributed by atoms with Gasteiger partial charge in [-0.25, -0.2) is 4.57 Å². The van der Waals surface area contributed by atoms with Crippen molar-refractivity contribution in [2.24, 2.45) is 0 Å². The maximum atomic E-state index is 13.4. The molecule has 0 fully saturated rings. The van der Waals surface area contributed by atoms with Gasteiger partial charge in [0.2, 0.25) is 0 Å². The molecular formula is C18H14BrO3P. The second kappa shape index (κ2) is 7.03. The third kappa shape index (κ3) is 4.04. The number of hydrogen-bond acceptors (Lipinski definition) is 3. The summed E-state index contributed by atoms with van der Waals surface area (Å²) in [5.74, 6) is 0.985. The number of hydrogen-bond donors (Lipinski definition) is 0. The van der Waals surface area contributed by atoms with Crippen LogP contribution in [-0.4, -0.2) is 0 Å². The van der Waals surface area contributed by atoms with Crippen molar-refractivity contribution in [1.82, 2.24) is 0 Å². The Morgan fingerprint density at radius 1 is 0.696 bits per heavy atom. The summed E-state index contributed by atoms with van der Waals surface area (Å²) in [6, 6.07) is 25.2. The van der Waals surface area contributed by atoms with Crippen LogP contribution in [0.1, 0.15) is 0 Å². The van der Waals surface area contributed by atoms with Gasteiger partial charge in [-0.2, -0.15) is 0 Å². The molecule has 5 heteroatoms. The molecule has 0 heterocycles. The second-order valence-corrected chi connectivity index (χ2v) is 7.58. The van der Waals surface area contributed by atoms with Crippen molar-refractivity contribution in [3.63, 3.8) is 0 Å². The first kappa shape index (κ1) is 15.9. The molecule has 23 heavy (non-hydrogen) atoms. The number of halogens is 1. The normalized spacial score (nSPS) is 11.0. The maximum absolute atomic E-state index is 13.4. The largest absolute Gasteiger partial charge is 0.462 e. The van der Waals surface area contributed by atoms with E-state index in [1.54, 1.807) is 42.5 Å². The highest BCUT2D eigenvalue weighted by Gasteiger charge is 2.31. The first-order chi connectivity index (χ1) is 11.2. The van der Waals surface area contributed by atoms with E-state index in [-0.39, 0.29) is 0 Å². The second-order valence-electron chi connectivity index (χ2n) is 4.79. The molecule has 0 spiro atoms. The molecule has 116 valence electrons. The Morgan fingerprint density at radius 2 is 1.22 bits per heavy atom. The van der Waals surface area contributed by atoms with Crippen LogP contribution in [0.3, 0.4) is 0 Å². The van der Waals surface area contributed by atoms with E-state index >= 15 is 0 Å². The van der Waals surface area contributed by atoms with Gasteiger partial charge in [-0.05, 0) is 42.5 Å². The zero-order valence-corrected chi connectivity index (χ0v) is 14.6. The van der Waals surface area contributed by atoms with Gasteiger partial charge in [0.25, 0.3) is 0 Å². The summed E-state index contributed by atoms with van der Waals surface area (Å²) in [5.41, 5.74) is 0. The topological polar surface area (TPSA) is 35.5 Å². The molecule has 0 atom stereocenters. The lowest BCUT2D eigenvalue weighted by molar-refractivity contribution is 0.399. The van der Waals surface area contributed by atoms with Crippen molar-refractivity contribution in [1.29, 1.82) is 0 Å². The summed E-state index contributed by atoms with van der Waals surface area (Å²) < 4.78 is 25.8. The Balaban J connectivity index is 2.00. The fourth-order valence-electron chi connectivity index (χ4n) is 2.01. The Labute approximate surface area is 143 Å². The van der Waals surface area contributed by atoms with Gasteiger partial charge in [0, 0.05) is 4.47 Å². The molecule has 0 bridgehead atoms. The van der Waals surface area contributed by atoms with E-state index in [9.17, 15) is 4.57 Å². The molecule has 0 aromatic heterocycles. The lowest BCUT2D eigenvalue weighted by atomic mass is 10.3. The highest BCUT2D eigenvalue weighted by Crippen LogP contribution is 2.47. The maximum Gasteiger partial charge on any atom is 0.462 e. The van der Waals surface area contributed by atoms with Crippen LogP contribution >= 0.6 is 23.5 Å². The van der Waals surface area contributed by atoms with E-state index in [4.69, 9.17) is 9.05 Å². The summed E-state index contributed by atoms with van der Waals surface area (Å²) in [4.78, 5) is 0. The van der Waals surface area contributed by atoms with E-state index in [1.807, 2.05) is 42.5 Å². The van der Waals surface area contributed by atoms with Gasteiger partial charge in [-0.1, -0.05) is 58.4 Å². The van der Waals surface area contributed by atoms with Crippen molar-refractivity contribution in [3.8, 4) is 11.5 Å². The molecule has 0 unspecified atom stereocenters. The van der Waals surface area contributed by atoms with E-state index < -0.39 is 7.60 Å². The minimum Gasteiger partial charge on any atom is -0.413 e. The smallest absolute Gasteiger partial charge is 0.413 e. The lowest BCUT2D eigenvalue weighted by Gasteiger charge is -2.20. The first-order valence-corrected chi connectivity index (χ1v) is 9.35. The van der Waals surface area contributed by atoms with Crippen LogP contribution in [0.5, 0.6) is 11.5 Å². The highest BCUT2D eigenvalue weighted by atomic mass is 79.9. The van der Waals surface area contributed by atoms with Gasteiger partial charge in [-0.15, -0.1) is 0 Å². The summed E-state index contributed by atoms with van der Waals surface area (Å²) in [5, 5.41) is 0.486. The molecule has 0 aliphatic heterocycles. The molecule has 0 aliphatic rings. The molecule has 0 aliphatic carbocycles. The average molecular weight is 389 g/mol. The predicted octanol–water partition coefficient (Wildman–Crippen LogP) is 5.43. The zero-order valence-electron chi connectivity index (χ0n) is 12.1.